The fourth-order valence-corrected chi connectivity index (χ4v) is 5.54. The number of carbonyl (C=O) groups is 1. The summed E-state index contributed by atoms with van der Waals surface area (Å²) in [5, 5.41) is 20.6. The summed E-state index contributed by atoms with van der Waals surface area (Å²) in [6, 6.07) is 20.2. The summed E-state index contributed by atoms with van der Waals surface area (Å²) < 4.78 is 28.6. The monoisotopic (exact) mass is 522 g/mol. The van der Waals surface area contributed by atoms with Gasteiger partial charge >= 0.3 is 0 Å². The largest absolute Gasteiger partial charge is 0.376 e. The number of rotatable bonds is 7. The number of likely N-dealkylation sites (tertiary alicyclic amines) is 1. The minimum absolute atomic E-state index is 0.233. The predicted octanol–water partition coefficient (Wildman–Crippen LogP) is 6.35. The maximum absolute atomic E-state index is 14.6. The Labute approximate surface area is 221 Å². The molecule has 192 valence electrons. The van der Waals surface area contributed by atoms with Gasteiger partial charge in [-0.2, -0.15) is 5.26 Å². The Morgan fingerprint density at radius 2 is 1.92 bits per heavy atom. The molecule has 1 N–H and O–H groups in total. The number of amides is 1. The highest BCUT2D eigenvalue weighted by molar-refractivity contribution is 6.31. The molecule has 0 aliphatic carbocycles. The van der Waals surface area contributed by atoms with Gasteiger partial charge in [-0.05, 0) is 72.4 Å². The van der Waals surface area contributed by atoms with E-state index in [1.54, 1.807) is 53.4 Å². The highest BCUT2D eigenvalue weighted by Crippen LogP contribution is 2.42. The van der Waals surface area contributed by atoms with Gasteiger partial charge in [0.1, 0.15) is 6.07 Å². The van der Waals surface area contributed by atoms with Crippen LogP contribution in [0, 0.1) is 28.4 Å². The van der Waals surface area contributed by atoms with Crippen LogP contribution in [0.5, 0.6) is 0 Å². The number of benzene rings is 3. The van der Waals surface area contributed by atoms with E-state index in [0.717, 1.165) is 11.6 Å². The third kappa shape index (κ3) is 5.69. The average molecular weight is 523 g/mol. The number of carbonyl (C=O) groups excluding carboxylic acids is 1. The summed E-state index contributed by atoms with van der Waals surface area (Å²) in [4.78, 5) is 15.0. The zero-order valence-electron chi connectivity index (χ0n) is 20.8. The van der Waals surface area contributed by atoms with Crippen molar-refractivity contribution >= 4 is 17.5 Å². The first-order valence-corrected chi connectivity index (χ1v) is 12.6. The van der Waals surface area contributed by atoms with Crippen LogP contribution in [0.2, 0.25) is 5.02 Å². The van der Waals surface area contributed by atoms with Gasteiger partial charge in [-0.1, -0.05) is 67.1 Å². The van der Waals surface area contributed by atoms with E-state index in [4.69, 9.17) is 11.6 Å². The summed E-state index contributed by atoms with van der Waals surface area (Å²) in [5.74, 6) is -2.38. The van der Waals surface area contributed by atoms with Crippen LogP contribution in [-0.2, 0) is 16.8 Å². The van der Waals surface area contributed by atoms with Crippen molar-refractivity contribution in [3.05, 3.63) is 106 Å². The van der Waals surface area contributed by atoms with Crippen LogP contribution in [0.3, 0.4) is 0 Å². The van der Waals surface area contributed by atoms with Gasteiger partial charge in [0.25, 0.3) is 5.91 Å². The summed E-state index contributed by atoms with van der Waals surface area (Å²) in [5.41, 5.74) is -0.0514. The third-order valence-corrected chi connectivity index (χ3v) is 7.73. The number of aliphatic hydroxyl groups is 1. The van der Waals surface area contributed by atoms with Crippen molar-refractivity contribution in [1.29, 1.82) is 5.26 Å². The molecule has 0 bridgehead atoms. The van der Waals surface area contributed by atoms with E-state index in [0.29, 0.717) is 42.1 Å². The summed E-state index contributed by atoms with van der Waals surface area (Å²) in [6.07, 6.45) is 1.50. The molecular formula is C30H29ClF2N2O2. The van der Waals surface area contributed by atoms with E-state index in [2.05, 4.69) is 6.92 Å². The highest BCUT2D eigenvalue weighted by Gasteiger charge is 2.43. The molecule has 1 fully saturated rings. The molecule has 7 heteroatoms. The lowest BCUT2D eigenvalue weighted by atomic mass is 9.75. The zero-order valence-corrected chi connectivity index (χ0v) is 21.6. The summed E-state index contributed by atoms with van der Waals surface area (Å²) in [7, 11) is 0. The van der Waals surface area contributed by atoms with Crippen LogP contribution in [0.25, 0.3) is 0 Å². The second-order valence-corrected chi connectivity index (χ2v) is 10.8. The Morgan fingerprint density at radius 3 is 2.59 bits per heavy atom. The molecule has 1 saturated heterocycles. The van der Waals surface area contributed by atoms with Crippen LogP contribution in [0.15, 0.2) is 66.7 Å². The maximum Gasteiger partial charge on any atom is 0.258 e. The molecule has 0 spiro atoms. The number of halogens is 3. The van der Waals surface area contributed by atoms with Crippen molar-refractivity contribution in [2.45, 2.75) is 44.6 Å². The van der Waals surface area contributed by atoms with Crippen LogP contribution < -0.4 is 0 Å². The molecule has 3 aromatic carbocycles. The van der Waals surface area contributed by atoms with Gasteiger partial charge in [-0.15, -0.1) is 0 Å². The highest BCUT2D eigenvalue weighted by atomic mass is 35.5. The molecule has 1 heterocycles. The first kappa shape index (κ1) is 26.8. The standard InChI is InChI=1S/C30H29ClF2N2O2/c1-29(13-14-35(19-29)28(36)30(2,37)24-8-4-3-5-9-24)17-23(15-21-7-6-10-26(32)27(21)33)20-11-12-22(18-34)25(31)16-20/h3-12,16,23,37H,13-15,17,19H2,1-2H3. The van der Waals surface area contributed by atoms with E-state index in [1.807, 2.05) is 12.1 Å². The van der Waals surface area contributed by atoms with E-state index < -0.39 is 17.2 Å². The van der Waals surface area contributed by atoms with Gasteiger partial charge in [-0.25, -0.2) is 8.78 Å². The summed E-state index contributed by atoms with van der Waals surface area (Å²) >= 11 is 6.32. The number of hydrogen-bond acceptors (Lipinski definition) is 3. The number of nitrogens with zero attached hydrogens (tertiary/aromatic N) is 2. The first-order chi connectivity index (χ1) is 17.5. The Kier molecular flexibility index (Phi) is 7.68. The Bertz CT molecular complexity index is 1340. The van der Waals surface area contributed by atoms with Crippen LogP contribution in [0.4, 0.5) is 8.78 Å². The lowest BCUT2D eigenvalue weighted by Crippen LogP contribution is -2.44. The van der Waals surface area contributed by atoms with Gasteiger partial charge in [0.05, 0.1) is 10.6 Å². The molecule has 37 heavy (non-hydrogen) atoms. The minimum Gasteiger partial charge on any atom is -0.376 e. The normalized spacial score (nSPS) is 19.8. The van der Waals surface area contributed by atoms with E-state index in [1.165, 1.54) is 13.0 Å². The maximum atomic E-state index is 14.6. The van der Waals surface area contributed by atoms with Crippen molar-refractivity contribution in [2.75, 3.05) is 13.1 Å². The minimum atomic E-state index is -1.66. The summed E-state index contributed by atoms with van der Waals surface area (Å²) in [6.45, 7) is 4.47. The predicted molar refractivity (Wildman–Crippen MR) is 139 cm³/mol. The van der Waals surface area contributed by atoms with Crippen molar-refractivity contribution in [1.82, 2.24) is 4.90 Å². The van der Waals surface area contributed by atoms with Gasteiger partial charge in [0.15, 0.2) is 17.2 Å². The van der Waals surface area contributed by atoms with E-state index in [-0.39, 0.29) is 29.2 Å². The molecule has 1 aliphatic rings. The average Bonchev–Trinajstić information content (AvgIpc) is 3.27. The number of hydrogen-bond donors (Lipinski definition) is 1. The van der Waals surface area contributed by atoms with Gasteiger partial charge in [0, 0.05) is 13.1 Å². The first-order valence-electron chi connectivity index (χ1n) is 12.2. The van der Waals surface area contributed by atoms with Gasteiger partial charge < -0.3 is 10.0 Å². The van der Waals surface area contributed by atoms with Crippen LogP contribution in [0.1, 0.15) is 54.9 Å². The molecule has 1 amide bonds. The second-order valence-electron chi connectivity index (χ2n) is 10.4. The molecule has 4 rings (SSSR count). The van der Waals surface area contributed by atoms with Crippen LogP contribution >= 0.6 is 11.6 Å². The molecule has 1 aliphatic heterocycles. The van der Waals surface area contributed by atoms with Crippen molar-refractivity contribution in [3.63, 3.8) is 0 Å². The van der Waals surface area contributed by atoms with Crippen molar-refractivity contribution in [2.24, 2.45) is 5.41 Å². The van der Waals surface area contributed by atoms with Gasteiger partial charge in [0.2, 0.25) is 0 Å². The molecule has 0 aromatic heterocycles. The number of nitriles is 1. The fourth-order valence-electron chi connectivity index (χ4n) is 5.31. The smallest absolute Gasteiger partial charge is 0.258 e. The molecule has 3 aromatic rings. The molecule has 3 atom stereocenters. The quantitative estimate of drug-likeness (QED) is 0.393. The third-order valence-electron chi connectivity index (χ3n) is 7.42. The van der Waals surface area contributed by atoms with Crippen molar-refractivity contribution < 1.29 is 18.7 Å². The van der Waals surface area contributed by atoms with E-state index in [9.17, 15) is 23.9 Å². The molecular weight excluding hydrogens is 494 g/mol. The molecule has 4 nitrogen and oxygen atoms in total. The fraction of sp³-hybridized carbons (Fsp3) is 0.333. The Morgan fingerprint density at radius 1 is 1.19 bits per heavy atom. The zero-order chi connectivity index (χ0) is 26.8. The Hall–Kier alpha value is -3.27. The lowest BCUT2D eigenvalue weighted by Gasteiger charge is -2.32. The van der Waals surface area contributed by atoms with Crippen molar-refractivity contribution in [3.8, 4) is 6.07 Å². The second kappa shape index (κ2) is 10.6. The van der Waals surface area contributed by atoms with Crippen LogP contribution in [-0.4, -0.2) is 29.0 Å². The Balaban J connectivity index is 1.59. The van der Waals surface area contributed by atoms with Gasteiger partial charge in [-0.3, -0.25) is 4.79 Å². The molecule has 0 saturated carbocycles. The SMILES string of the molecule is CC1(CC(Cc2cccc(F)c2F)c2ccc(C#N)c(Cl)c2)CCN(C(=O)C(C)(O)c2ccccc2)C1. The lowest BCUT2D eigenvalue weighted by molar-refractivity contribution is -0.149. The van der Waals surface area contributed by atoms with E-state index >= 15 is 0 Å². The molecule has 3 unspecified atom stereocenters. The topological polar surface area (TPSA) is 64.3 Å². The molecule has 0 radical (unpaired) electrons.